The van der Waals surface area contributed by atoms with Gasteiger partial charge in [-0.15, -0.1) is 0 Å². The van der Waals surface area contributed by atoms with Gasteiger partial charge in [0, 0.05) is 6.04 Å². The van der Waals surface area contributed by atoms with Gasteiger partial charge in [0.15, 0.2) is 0 Å². The number of rotatable bonds is 4. The highest BCUT2D eigenvalue weighted by molar-refractivity contribution is 6.30. The van der Waals surface area contributed by atoms with Crippen LogP contribution in [0.4, 0.5) is 4.39 Å². The van der Waals surface area contributed by atoms with E-state index in [0.717, 1.165) is 17.9 Å². The third-order valence-corrected chi connectivity index (χ3v) is 4.84. The zero-order valence-electron chi connectivity index (χ0n) is 11.8. The fraction of sp³-hybridized carbons (Fsp3) is 0.625. The first-order valence-corrected chi connectivity index (χ1v) is 7.63. The Morgan fingerprint density at radius 3 is 2.84 bits per heavy atom. The summed E-state index contributed by atoms with van der Waals surface area (Å²) >= 11 is 5.87. The first-order valence-electron chi connectivity index (χ1n) is 7.25. The number of hydrogen-bond acceptors (Lipinski definition) is 1. The van der Waals surface area contributed by atoms with E-state index in [1.807, 2.05) is 19.2 Å². The van der Waals surface area contributed by atoms with Gasteiger partial charge in [-0.1, -0.05) is 37.1 Å². The summed E-state index contributed by atoms with van der Waals surface area (Å²) in [7, 11) is 2.01. The quantitative estimate of drug-likeness (QED) is 0.862. The minimum absolute atomic E-state index is 0.237. The standard InChI is InChI=1S/C16H23ClFN/c1-3-11-7-8-15(19-2)13(9-11)10-12-5-4-6-14(17)16(12)18/h4-6,11,13,15,19H,3,7-10H2,1-2H3. The van der Waals surface area contributed by atoms with Crippen LogP contribution in [0.3, 0.4) is 0 Å². The molecule has 0 aromatic heterocycles. The Labute approximate surface area is 120 Å². The van der Waals surface area contributed by atoms with E-state index in [1.165, 1.54) is 25.7 Å². The van der Waals surface area contributed by atoms with Crippen LogP contribution in [0, 0.1) is 17.7 Å². The van der Waals surface area contributed by atoms with E-state index >= 15 is 0 Å². The fourth-order valence-electron chi connectivity index (χ4n) is 3.33. The third kappa shape index (κ3) is 3.49. The molecule has 2 rings (SSSR count). The van der Waals surface area contributed by atoms with Gasteiger partial charge in [-0.2, -0.15) is 0 Å². The predicted octanol–water partition coefficient (Wildman–Crippen LogP) is 4.44. The Morgan fingerprint density at radius 2 is 2.16 bits per heavy atom. The lowest BCUT2D eigenvalue weighted by atomic mass is 9.74. The summed E-state index contributed by atoms with van der Waals surface area (Å²) in [6.45, 7) is 2.25. The van der Waals surface area contributed by atoms with Crippen molar-refractivity contribution in [2.24, 2.45) is 11.8 Å². The first kappa shape index (κ1) is 14.8. The summed E-state index contributed by atoms with van der Waals surface area (Å²) in [5.41, 5.74) is 0.759. The van der Waals surface area contributed by atoms with Gasteiger partial charge in [0.1, 0.15) is 5.82 Å². The van der Waals surface area contributed by atoms with Gasteiger partial charge in [-0.05, 0) is 56.2 Å². The van der Waals surface area contributed by atoms with Crippen LogP contribution in [0.1, 0.15) is 38.2 Å². The van der Waals surface area contributed by atoms with Gasteiger partial charge in [-0.3, -0.25) is 0 Å². The normalized spacial score (nSPS) is 27.5. The largest absolute Gasteiger partial charge is 0.317 e. The molecule has 0 bridgehead atoms. The van der Waals surface area contributed by atoms with E-state index in [9.17, 15) is 4.39 Å². The van der Waals surface area contributed by atoms with Gasteiger partial charge in [0.25, 0.3) is 0 Å². The molecule has 0 aliphatic heterocycles. The van der Waals surface area contributed by atoms with E-state index in [1.54, 1.807) is 6.07 Å². The second-order valence-electron chi connectivity index (χ2n) is 5.66. The van der Waals surface area contributed by atoms with Gasteiger partial charge in [0.2, 0.25) is 0 Å². The summed E-state index contributed by atoms with van der Waals surface area (Å²) < 4.78 is 14.0. The van der Waals surface area contributed by atoms with E-state index in [4.69, 9.17) is 11.6 Å². The van der Waals surface area contributed by atoms with Gasteiger partial charge >= 0.3 is 0 Å². The number of benzene rings is 1. The fourth-order valence-corrected chi connectivity index (χ4v) is 3.52. The molecule has 3 heteroatoms. The van der Waals surface area contributed by atoms with Crippen LogP contribution in [0.2, 0.25) is 5.02 Å². The maximum atomic E-state index is 14.0. The molecule has 1 saturated carbocycles. The van der Waals surface area contributed by atoms with Crippen molar-refractivity contribution in [3.63, 3.8) is 0 Å². The van der Waals surface area contributed by atoms with Crippen molar-refractivity contribution in [3.8, 4) is 0 Å². The highest BCUT2D eigenvalue weighted by atomic mass is 35.5. The average molecular weight is 284 g/mol. The minimum atomic E-state index is -0.238. The first-order chi connectivity index (χ1) is 9.15. The van der Waals surface area contributed by atoms with E-state index in [0.29, 0.717) is 12.0 Å². The molecule has 1 aliphatic rings. The van der Waals surface area contributed by atoms with Crippen molar-refractivity contribution in [1.29, 1.82) is 0 Å². The summed E-state index contributed by atoms with van der Waals surface area (Å²) in [5.74, 6) is 1.06. The lowest BCUT2D eigenvalue weighted by Crippen LogP contribution is -2.39. The molecular weight excluding hydrogens is 261 g/mol. The molecule has 106 valence electrons. The second kappa shape index (κ2) is 6.71. The summed E-state index contributed by atoms with van der Waals surface area (Å²) in [6, 6.07) is 5.82. The van der Waals surface area contributed by atoms with Gasteiger partial charge < -0.3 is 5.32 Å². The Morgan fingerprint density at radius 1 is 1.37 bits per heavy atom. The van der Waals surface area contributed by atoms with E-state index in [-0.39, 0.29) is 10.8 Å². The molecular formula is C16H23ClFN. The molecule has 0 saturated heterocycles. The monoisotopic (exact) mass is 283 g/mol. The average Bonchev–Trinajstić information content (AvgIpc) is 2.43. The molecule has 1 aromatic carbocycles. The highest BCUT2D eigenvalue weighted by Crippen LogP contribution is 2.34. The van der Waals surface area contributed by atoms with Gasteiger partial charge in [0.05, 0.1) is 5.02 Å². The maximum absolute atomic E-state index is 14.0. The Bertz CT molecular complexity index is 421. The van der Waals surface area contributed by atoms with Gasteiger partial charge in [-0.25, -0.2) is 4.39 Å². The minimum Gasteiger partial charge on any atom is -0.317 e. The van der Waals surface area contributed by atoms with E-state index in [2.05, 4.69) is 12.2 Å². The molecule has 0 spiro atoms. The molecule has 1 aliphatic carbocycles. The van der Waals surface area contributed by atoms with Crippen LogP contribution in [0.5, 0.6) is 0 Å². The third-order valence-electron chi connectivity index (χ3n) is 4.55. The highest BCUT2D eigenvalue weighted by Gasteiger charge is 2.29. The van der Waals surface area contributed by atoms with Crippen molar-refractivity contribution in [2.45, 2.75) is 45.1 Å². The van der Waals surface area contributed by atoms with Crippen LogP contribution in [0.15, 0.2) is 18.2 Å². The summed E-state index contributed by atoms with van der Waals surface area (Å²) in [4.78, 5) is 0. The number of halogens is 2. The van der Waals surface area contributed by atoms with Crippen molar-refractivity contribution in [2.75, 3.05) is 7.05 Å². The predicted molar refractivity (Wildman–Crippen MR) is 79.1 cm³/mol. The SMILES string of the molecule is CCC1CCC(NC)C(Cc2cccc(Cl)c2F)C1. The number of nitrogens with one attached hydrogen (secondary N) is 1. The molecule has 19 heavy (non-hydrogen) atoms. The zero-order valence-corrected chi connectivity index (χ0v) is 12.5. The van der Waals surface area contributed by atoms with Crippen molar-refractivity contribution < 1.29 is 4.39 Å². The van der Waals surface area contributed by atoms with Crippen LogP contribution in [0.25, 0.3) is 0 Å². The van der Waals surface area contributed by atoms with Crippen LogP contribution in [-0.4, -0.2) is 13.1 Å². The molecule has 0 heterocycles. The molecule has 3 unspecified atom stereocenters. The smallest absolute Gasteiger partial charge is 0.144 e. The molecule has 0 radical (unpaired) electrons. The molecule has 1 fully saturated rings. The summed E-state index contributed by atoms with van der Waals surface area (Å²) in [5, 5.41) is 3.63. The topological polar surface area (TPSA) is 12.0 Å². The Kier molecular flexibility index (Phi) is 5.23. The van der Waals surface area contributed by atoms with Crippen molar-refractivity contribution in [3.05, 3.63) is 34.6 Å². The van der Waals surface area contributed by atoms with Crippen LogP contribution in [-0.2, 0) is 6.42 Å². The molecule has 1 N–H and O–H groups in total. The Hall–Kier alpha value is -0.600. The van der Waals surface area contributed by atoms with E-state index < -0.39 is 0 Å². The molecule has 1 aromatic rings. The van der Waals surface area contributed by atoms with Crippen LogP contribution >= 0.6 is 11.6 Å². The van der Waals surface area contributed by atoms with Crippen molar-refractivity contribution in [1.82, 2.24) is 5.32 Å². The number of hydrogen-bond donors (Lipinski definition) is 1. The lowest BCUT2D eigenvalue weighted by Gasteiger charge is -2.36. The lowest BCUT2D eigenvalue weighted by molar-refractivity contribution is 0.204. The maximum Gasteiger partial charge on any atom is 0.144 e. The zero-order chi connectivity index (χ0) is 13.8. The molecule has 1 nitrogen and oxygen atoms in total. The Balaban J connectivity index is 2.12. The molecule has 0 amide bonds. The van der Waals surface area contributed by atoms with Crippen molar-refractivity contribution >= 4 is 11.6 Å². The van der Waals surface area contributed by atoms with Crippen LogP contribution < -0.4 is 5.32 Å². The molecule has 3 atom stereocenters. The summed E-state index contributed by atoms with van der Waals surface area (Å²) in [6.07, 6.45) is 5.69. The second-order valence-corrected chi connectivity index (χ2v) is 6.07.